The monoisotopic (exact) mass is 335 g/mol. The number of rotatable bonds is 3. The highest BCUT2D eigenvalue weighted by Crippen LogP contribution is 2.29. The number of fused-ring (bicyclic) bond motifs is 1. The van der Waals surface area contributed by atoms with Crippen molar-refractivity contribution in [1.29, 1.82) is 0 Å². The fraction of sp³-hybridized carbons (Fsp3) is 0.545. The summed E-state index contributed by atoms with van der Waals surface area (Å²) in [5.74, 6) is 0. The molecule has 0 atom stereocenters. The molecule has 0 N–H and O–H groups in total. The quantitative estimate of drug-likeness (QED) is 0.858. The minimum atomic E-state index is -3.62. The first-order valence-electron chi connectivity index (χ1n) is 6.18. The van der Waals surface area contributed by atoms with Gasteiger partial charge < -0.3 is 4.74 Å². The van der Waals surface area contributed by atoms with Crippen LogP contribution in [0.2, 0.25) is 5.15 Å². The molecule has 0 spiro atoms. The number of hydrogen-bond acceptors (Lipinski definition) is 5. The Hall–Kier alpha value is -0.670. The minimum Gasteiger partial charge on any atom is -0.381 e. The van der Waals surface area contributed by atoms with Crippen LogP contribution < -0.4 is 0 Å². The number of halogens is 1. The zero-order valence-electron chi connectivity index (χ0n) is 10.8. The van der Waals surface area contributed by atoms with E-state index < -0.39 is 10.0 Å². The average Bonchev–Trinajstić information content (AvgIpc) is 2.98. The molecule has 20 heavy (non-hydrogen) atoms. The maximum Gasteiger partial charge on any atom is 0.262 e. The van der Waals surface area contributed by atoms with E-state index in [-0.39, 0.29) is 16.3 Å². The van der Waals surface area contributed by atoms with E-state index in [1.807, 2.05) is 0 Å². The highest BCUT2D eigenvalue weighted by molar-refractivity contribution is 7.89. The van der Waals surface area contributed by atoms with E-state index in [1.165, 1.54) is 20.0 Å². The zero-order chi connectivity index (χ0) is 14.3. The summed E-state index contributed by atoms with van der Waals surface area (Å²) in [7, 11) is -1.97. The number of sulfonamides is 1. The van der Waals surface area contributed by atoms with Crippen molar-refractivity contribution in [1.82, 2.24) is 13.7 Å². The van der Waals surface area contributed by atoms with Crippen LogP contribution >= 0.6 is 22.9 Å². The average molecular weight is 336 g/mol. The van der Waals surface area contributed by atoms with Gasteiger partial charge in [0, 0.05) is 31.8 Å². The van der Waals surface area contributed by atoms with E-state index in [0.29, 0.717) is 30.9 Å². The molecule has 1 aliphatic rings. The Morgan fingerprint density at radius 2 is 2.15 bits per heavy atom. The Bertz CT molecular complexity index is 716. The van der Waals surface area contributed by atoms with Crippen molar-refractivity contribution in [2.24, 2.45) is 0 Å². The fourth-order valence-corrected chi connectivity index (χ4v) is 5.28. The number of thiazole rings is 1. The highest BCUT2D eigenvalue weighted by atomic mass is 35.5. The number of imidazole rings is 1. The number of methoxy groups -OCH3 is 1. The summed E-state index contributed by atoms with van der Waals surface area (Å²) in [4.78, 5) is 4.67. The van der Waals surface area contributed by atoms with Crippen LogP contribution in [0.3, 0.4) is 0 Å². The third-order valence-electron chi connectivity index (χ3n) is 3.50. The van der Waals surface area contributed by atoms with E-state index in [9.17, 15) is 8.42 Å². The molecule has 1 fully saturated rings. The predicted molar refractivity (Wildman–Crippen MR) is 76.9 cm³/mol. The van der Waals surface area contributed by atoms with Gasteiger partial charge in [-0.15, -0.1) is 11.3 Å². The van der Waals surface area contributed by atoms with Crippen molar-refractivity contribution in [2.75, 3.05) is 20.2 Å². The number of ether oxygens (including phenoxy) is 1. The number of piperidine rings is 1. The maximum absolute atomic E-state index is 12.7. The smallest absolute Gasteiger partial charge is 0.262 e. The molecule has 6 nitrogen and oxygen atoms in total. The molecule has 0 amide bonds. The molecule has 2 aromatic rings. The number of nitrogens with zero attached hydrogens (tertiary/aromatic N) is 3. The summed E-state index contributed by atoms with van der Waals surface area (Å²) < 4.78 is 33.7. The second-order valence-electron chi connectivity index (χ2n) is 4.60. The Labute approximate surface area is 126 Å². The van der Waals surface area contributed by atoms with Gasteiger partial charge in [-0.05, 0) is 12.8 Å². The van der Waals surface area contributed by atoms with Gasteiger partial charge in [-0.1, -0.05) is 11.6 Å². The van der Waals surface area contributed by atoms with E-state index in [2.05, 4.69) is 4.98 Å². The zero-order valence-corrected chi connectivity index (χ0v) is 13.2. The molecule has 3 rings (SSSR count). The van der Waals surface area contributed by atoms with Crippen LogP contribution in [0.5, 0.6) is 0 Å². The van der Waals surface area contributed by atoms with Gasteiger partial charge in [0.05, 0.1) is 6.10 Å². The first-order chi connectivity index (χ1) is 9.54. The topological polar surface area (TPSA) is 63.9 Å². The molecular weight excluding hydrogens is 322 g/mol. The Morgan fingerprint density at radius 3 is 2.80 bits per heavy atom. The molecule has 3 heterocycles. The first-order valence-corrected chi connectivity index (χ1v) is 8.88. The summed E-state index contributed by atoms with van der Waals surface area (Å²) >= 11 is 7.37. The highest BCUT2D eigenvalue weighted by Gasteiger charge is 2.34. The van der Waals surface area contributed by atoms with Crippen molar-refractivity contribution in [3.8, 4) is 0 Å². The normalized spacial score (nSPS) is 18.9. The van der Waals surface area contributed by atoms with Gasteiger partial charge in [-0.25, -0.2) is 13.4 Å². The molecule has 1 saturated heterocycles. The van der Waals surface area contributed by atoms with Crippen LogP contribution in [0.1, 0.15) is 12.8 Å². The van der Waals surface area contributed by atoms with Gasteiger partial charge in [-0.2, -0.15) is 4.31 Å². The SMILES string of the molecule is COC1CCN(S(=O)(=O)c2c(Cl)nc3sccn23)CC1. The largest absolute Gasteiger partial charge is 0.381 e. The summed E-state index contributed by atoms with van der Waals surface area (Å²) in [6.45, 7) is 0.878. The molecule has 2 aromatic heterocycles. The lowest BCUT2D eigenvalue weighted by Crippen LogP contribution is -2.41. The van der Waals surface area contributed by atoms with Crippen LogP contribution in [-0.2, 0) is 14.8 Å². The second kappa shape index (κ2) is 5.27. The summed E-state index contributed by atoms with van der Waals surface area (Å²) in [6.07, 6.45) is 3.19. The maximum atomic E-state index is 12.7. The fourth-order valence-electron chi connectivity index (χ4n) is 2.40. The summed E-state index contributed by atoms with van der Waals surface area (Å²) in [5.41, 5.74) is 0. The molecule has 0 radical (unpaired) electrons. The molecule has 9 heteroatoms. The standard InChI is InChI=1S/C11H14ClN3O3S2/c1-18-8-2-4-14(5-3-8)20(16,17)10-9(12)13-11-15(10)6-7-19-11/h6-8H,2-5H2,1H3. The molecule has 0 aromatic carbocycles. The van der Waals surface area contributed by atoms with Crippen LogP contribution in [0, 0.1) is 0 Å². The van der Waals surface area contributed by atoms with E-state index in [4.69, 9.17) is 16.3 Å². The molecule has 0 bridgehead atoms. The van der Waals surface area contributed by atoms with E-state index in [0.717, 1.165) is 0 Å². The van der Waals surface area contributed by atoms with Gasteiger partial charge in [0.25, 0.3) is 10.0 Å². The Morgan fingerprint density at radius 1 is 1.45 bits per heavy atom. The van der Waals surface area contributed by atoms with E-state index in [1.54, 1.807) is 18.7 Å². The molecule has 0 saturated carbocycles. The summed E-state index contributed by atoms with van der Waals surface area (Å²) in [6, 6.07) is 0. The van der Waals surface area contributed by atoms with Crippen LogP contribution in [0.25, 0.3) is 4.96 Å². The lowest BCUT2D eigenvalue weighted by molar-refractivity contribution is 0.0604. The van der Waals surface area contributed by atoms with Crippen LogP contribution in [0.4, 0.5) is 0 Å². The summed E-state index contributed by atoms with van der Waals surface area (Å²) in [5, 5.41) is 1.88. The van der Waals surface area contributed by atoms with Crippen molar-refractivity contribution >= 4 is 37.9 Å². The van der Waals surface area contributed by atoms with Crippen molar-refractivity contribution in [3.05, 3.63) is 16.7 Å². The van der Waals surface area contributed by atoms with Crippen molar-refractivity contribution < 1.29 is 13.2 Å². The molecule has 1 aliphatic heterocycles. The van der Waals surface area contributed by atoms with Gasteiger partial charge in [0.2, 0.25) is 0 Å². The Balaban J connectivity index is 1.96. The number of aromatic nitrogens is 2. The third kappa shape index (κ3) is 2.25. The van der Waals surface area contributed by atoms with Crippen LogP contribution in [-0.4, -0.2) is 48.4 Å². The van der Waals surface area contributed by atoms with Gasteiger partial charge in [0.15, 0.2) is 15.1 Å². The lowest BCUT2D eigenvalue weighted by atomic mass is 10.1. The van der Waals surface area contributed by atoms with Crippen molar-refractivity contribution in [3.63, 3.8) is 0 Å². The molecule has 0 aliphatic carbocycles. The predicted octanol–water partition coefficient (Wildman–Crippen LogP) is 1.85. The van der Waals surface area contributed by atoms with E-state index >= 15 is 0 Å². The first kappa shape index (κ1) is 14.3. The lowest BCUT2D eigenvalue weighted by Gasteiger charge is -2.30. The minimum absolute atomic E-state index is 0.0331. The molecule has 110 valence electrons. The van der Waals surface area contributed by atoms with Gasteiger partial charge >= 0.3 is 0 Å². The third-order valence-corrected chi connectivity index (χ3v) is 6.55. The van der Waals surface area contributed by atoms with Crippen LogP contribution in [0.15, 0.2) is 16.6 Å². The molecule has 0 unspecified atom stereocenters. The molecular formula is C11H14ClN3O3S2. The second-order valence-corrected chi connectivity index (χ2v) is 7.69. The van der Waals surface area contributed by atoms with Gasteiger partial charge in [0.1, 0.15) is 0 Å². The number of hydrogen-bond donors (Lipinski definition) is 0. The van der Waals surface area contributed by atoms with Gasteiger partial charge in [-0.3, -0.25) is 4.40 Å². The Kier molecular flexibility index (Phi) is 3.76. The van der Waals surface area contributed by atoms with Crippen molar-refractivity contribution in [2.45, 2.75) is 24.0 Å².